The van der Waals surface area contributed by atoms with Crippen LogP contribution in [0.15, 0.2) is 35.1 Å². The van der Waals surface area contributed by atoms with E-state index < -0.39 is 0 Å². The van der Waals surface area contributed by atoms with Crippen molar-refractivity contribution in [2.75, 3.05) is 0 Å². The number of aromatic amines is 1. The molecule has 0 spiro atoms. The van der Waals surface area contributed by atoms with Crippen LogP contribution in [-0.4, -0.2) is 21.1 Å². The van der Waals surface area contributed by atoms with Gasteiger partial charge in [0.15, 0.2) is 11.5 Å². The molecule has 5 nitrogen and oxygen atoms in total. The molecule has 1 aliphatic carbocycles. The summed E-state index contributed by atoms with van der Waals surface area (Å²) >= 11 is 12.5. The second-order valence-corrected chi connectivity index (χ2v) is 6.62. The third-order valence-electron chi connectivity index (χ3n) is 4.15. The summed E-state index contributed by atoms with van der Waals surface area (Å²) in [4.78, 5) is 13.0. The standard InChI is InChI=1S/C17H13Cl2N3O2/c18-14-4-3-11(12(15(14)19)7-10-5-6-20-22-10)16(23)13-8-21-24-17(13)9-1-2-9/h3-6,8-9H,1-2,7H2,(H,20,22). The minimum atomic E-state index is -0.151. The number of carbonyl (C=O) groups excluding carboxylic acids is 1. The second-order valence-electron chi connectivity index (χ2n) is 5.84. The lowest BCUT2D eigenvalue weighted by Gasteiger charge is -2.11. The molecule has 1 aromatic carbocycles. The van der Waals surface area contributed by atoms with Crippen LogP contribution in [-0.2, 0) is 6.42 Å². The normalized spacial score (nSPS) is 14.1. The first-order valence-corrected chi connectivity index (χ1v) is 8.35. The highest BCUT2D eigenvalue weighted by Gasteiger charge is 2.33. The zero-order valence-corrected chi connectivity index (χ0v) is 14.1. The van der Waals surface area contributed by atoms with Crippen LogP contribution < -0.4 is 0 Å². The van der Waals surface area contributed by atoms with Gasteiger partial charge in [-0.2, -0.15) is 5.10 Å². The molecule has 0 saturated heterocycles. The Morgan fingerprint density at radius 1 is 1.25 bits per heavy atom. The van der Waals surface area contributed by atoms with Crippen molar-refractivity contribution >= 4 is 29.0 Å². The van der Waals surface area contributed by atoms with Crippen LogP contribution in [0.1, 0.15) is 51.7 Å². The first-order valence-electron chi connectivity index (χ1n) is 7.60. The van der Waals surface area contributed by atoms with Gasteiger partial charge in [-0.05, 0) is 36.6 Å². The Morgan fingerprint density at radius 3 is 2.79 bits per heavy atom. The van der Waals surface area contributed by atoms with E-state index in [1.165, 1.54) is 6.20 Å². The summed E-state index contributed by atoms with van der Waals surface area (Å²) in [5.74, 6) is 0.808. The number of rotatable bonds is 5. The van der Waals surface area contributed by atoms with Gasteiger partial charge in [-0.15, -0.1) is 0 Å². The summed E-state index contributed by atoms with van der Waals surface area (Å²) in [5, 5.41) is 11.5. The van der Waals surface area contributed by atoms with Gasteiger partial charge in [0.05, 0.1) is 27.5 Å². The number of halogens is 2. The van der Waals surface area contributed by atoms with Crippen LogP contribution in [0.5, 0.6) is 0 Å². The molecular weight excluding hydrogens is 349 g/mol. The maximum absolute atomic E-state index is 13.0. The molecule has 3 aromatic rings. The first-order chi connectivity index (χ1) is 11.6. The van der Waals surface area contributed by atoms with E-state index in [-0.39, 0.29) is 5.78 Å². The molecule has 7 heteroatoms. The summed E-state index contributed by atoms with van der Waals surface area (Å²) in [6, 6.07) is 5.16. The largest absolute Gasteiger partial charge is 0.360 e. The van der Waals surface area contributed by atoms with Crippen molar-refractivity contribution in [3.8, 4) is 0 Å². The van der Waals surface area contributed by atoms with E-state index in [4.69, 9.17) is 27.7 Å². The molecule has 0 atom stereocenters. The second kappa shape index (κ2) is 6.07. The lowest BCUT2D eigenvalue weighted by atomic mass is 9.95. The Kier molecular flexibility index (Phi) is 3.90. The summed E-state index contributed by atoms with van der Waals surface area (Å²) in [7, 11) is 0. The van der Waals surface area contributed by atoms with Gasteiger partial charge in [0, 0.05) is 24.1 Å². The SMILES string of the molecule is O=C(c1cnoc1C1CC1)c1ccc(Cl)c(Cl)c1Cc1cc[nH]n1. The predicted octanol–water partition coefficient (Wildman–Crippen LogP) is 4.40. The molecule has 1 fully saturated rings. The fourth-order valence-corrected chi connectivity index (χ4v) is 3.16. The molecule has 0 aliphatic heterocycles. The minimum Gasteiger partial charge on any atom is -0.360 e. The quantitative estimate of drug-likeness (QED) is 0.683. The topological polar surface area (TPSA) is 71.8 Å². The third kappa shape index (κ3) is 2.74. The number of hydrogen-bond donors (Lipinski definition) is 1. The molecule has 0 bridgehead atoms. The number of hydrogen-bond acceptors (Lipinski definition) is 4. The van der Waals surface area contributed by atoms with Crippen molar-refractivity contribution in [3.63, 3.8) is 0 Å². The summed E-state index contributed by atoms with van der Waals surface area (Å²) in [6.45, 7) is 0. The number of carbonyl (C=O) groups is 1. The highest BCUT2D eigenvalue weighted by Crippen LogP contribution is 2.42. The maximum Gasteiger partial charge on any atom is 0.198 e. The molecule has 1 saturated carbocycles. The first kappa shape index (κ1) is 15.4. The molecule has 4 rings (SSSR count). The van der Waals surface area contributed by atoms with E-state index in [0.717, 1.165) is 18.5 Å². The number of nitrogens with one attached hydrogen (secondary N) is 1. The van der Waals surface area contributed by atoms with Gasteiger partial charge in [-0.1, -0.05) is 28.4 Å². The molecule has 2 aromatic heterocycles. The van der Waals surface area contributed by atoms with Gasteiger partial charge < -0.3 is 4.52 Å². The molecule has 24 heavy (non-hydrogen) atoms. The van der Waals surface area contributed by atoms with Crippen LogP contribution in [0.4, 0.5) is 0 Å². The third-order valence-corrected chi connectivity index (χ3v) is 4.99. The van der Waals surface area contributed by atoms with Crippen molar-refractivity contribution in [1.82, 2.24) is 15.4 Å². The monoisotopic (exact) mass is 361 g/mol. The van der Waals surface area contributed by atoms with Gasteiger partial charge in [0.2, 0.25) is 0 Å². The molecule has 1 aliphatic rings. The van der Waals surface area contributed by atoms with E-state index >= 15 is 0 Å². The summed E-state index contributed by atoms with van der Waals surface area (Å²) in [6.07, 6.45) is 5.67. The molecule has 0 unspecified atom stereocenters. The number of benzene rings is 1. The average Bonchev–Trinajstić information content (AvgIpc) is 3.09. The Bertz CT molecular complexity index is 899. The van der Waals surface area contributed by atoms with Gasteiger partial charge in [0.1, 0.15) is 0 Å². The van der Waals surface area contributed by atoms with Crippen LogP contribution in [0, 0.1) is 0 Å². The smallest absolute Gasteiger partial charge is 0.198 e. The fraction of sp³-hybridized carbons (Fsp3) is 0.235. The molecule has 122 valence electrons. The van der Waals surface area contributed by atoms with Gasteiger partial charge in [0.25, 0.3) is 0 Å². The van der Waals surface area contributed by atoms with Gasteiger partial charge in [-0.3, -0.25) is 9.89 Å². The minimum absolute atomic E-state index is 0.151. The molecule has 0 radical (unpaired) electrons. The molecule has 0 amide bonds. The van der Waals surface area contributed by atoms with Crippen LogP contribution in [0.3, 0.4) is 0 Å². The van der Waals surface area contributed by atoms with Crippen LogP contribution in [0.25, 0.3) is 0 Å². The molecular formula is C17H13Cl2N3O2. The maximum atomic E-state index is 13.0. The Morgan fingerprint density at radius 2 is 2.08 bits per heavy atom. The highest BCUT2D eigenvalue weighted by molar-refractivity contribution is 6.43. The zero-order chi connectivity index (χ0) is 16.7. The fourth-order valence-electron chi connectivity index (χ4n) is 2.75. The summed E-state index contributed by atoms with van der Waals surface area (Å²) in [5.41, 5.74) is 2.43. The summed E-state index contributed by atoms with van der Waals surface area (Å²) < 4.78 is 5.28. The highest BCUT2D eigenvalue weighted by atomic mass is 35.5. The lowest BCUT2D eigenvalue weighted by molar-refractivity contribution is 0.103. The van der Waals surface area contributed by atoms with Crippen LogP contribution in [0.2, 0.25) is 10.0 Å². The lowest BCUT2D eigenvalue weighted by Crippen LogP contribution is -2.08. The van der Waals surface area contributed by atoms with E-state index in [9.17, 15) is 4.79 Å². The van der Waals surface area contributed by atoms with E-state index in [1.807, 2.05) is 6.07 Å². The Hall–Kier alpha value is -2.11. The number of ketones is 1. The van der Waals surface area contributed by atoms with Gasteiger partial charge in [-0.25, -0.2) is 0 Å². The van der Waals surface area contributed by atoms with Gasteiger partial charge >= 0.3 is 0 Å². The number of nitrogens with zero attached hydrogens (tertiary/aromatic N) is 2. The van der Waals surface area contributed by atoms with Crippen molar-refractivity contribution in [2.24, 2.45) is 0 Å². The number of aromatic nitrogens is 3. The Labute approximate surface area is 147 Å². The number of H-pyrrole nitrogens is 1. The zero-order valence-electron chi connectivity index (χ0n) is 12.6. The average molecular weight is 362 g/mol. The van der Waals surface area contributed by atoms with E-state index in [2.05, 4.69) is 15.4 Å². The Balaban J connectivity index is 1.78. The van der Waals surface area contributed by atoms with Crippen LogP contribution >= 0.6 is 23.2 Å². The van der Waals surface area contributed by atoms with E-state index in [0.29, 0.717) is 44.8 Å². The van der Waals surface area contributed by atoms with Crippen molar-refractivity contribution < 1.29 is 9.32 Å². The molecule has 1 N–H and O–H groups in total. The predicted molar refractivity (Wildman–Crippen MR) is 89.8 cm³/mol. The van der Waals surface area contributed by atoms with Crippen molar-refractivity contribution in [2.45, 2.75) is 25.2 Å². The molecule has 2 heterocycles. The van der Waals surface area contributed by atoms with Crippen molar-refractivity contribution in [1.29, 1.82) is 0 Å². The van der Waals surface area contributed by atoms with Crippen molar-refractivity contribution in [3.05, 3.63) is 68.8 Å². The van der Waals surface area contributed by atoms with E-state index in [1.54, 1.807) is 18.3 Å².